The Kier molecular flexibility index (Phi) is 30.4. The van der Waals surface area contributed by atoms with E-state index in [2.05, 4.69) is 0 Å². The average Bonchev–Trinajstić information content (AvgIpc) is 0.855. The van der Waals surface area contributed by atoms with Gasteiger partial charge in [0, 0.05) is 75.6 Å². The summed E-state index contributed by atoms with van der Waals surface area (Å²) in [5, 5.41) is 9.38. The SMILES string of the molecule is C.CC(C)CC(C(=O)O)n1cc(CCN2CC[C@@H](F)C2)cc(F)c1=O.CCOC(=O)C[C@H](CC(=O)C(CC(C)C)n1cc(CCN2CC[C@@H](F)C2)cc(F)c1=O)c1cc(-c2c(C)cc(F)cc2C)cc(C)c1F.CCOC(=O)C[C@H](N)c1cc(-c2c(C)cc(F)cc2C)cc(C)c1F. The molecule has 6 atom stereocenters. The minimum absolute atomic E-state index is 0. The first-order valence-corrected chi connectivity index (χ1v) is 33.2. The first-order chi connectivity index (χ1) is 45.7. The molecule has 2 saturated heterocycles. The Balaban J connectivity index is 0.000000291. The summed E-state index contributed by atoms with van der Waals surface area (Å²) in [6.07, 6.45) is 2.67. The molecule has 0 saturated carbocycles. The van der Waals surface area contributed by atoms with E-state index in [0.29, 0.717) is 98.3 Å². The number of nitrogens with zero attached hydrogens (tertiary/aromatic N) is 4. The quantitative estimate of drug-likeness (QED) is 0.0388. The fraction of sp³-hybridized carbons (Fsp3) is 0.500. The molecule has 2 aliphatic rings. The van der Waals surface area contributed by atoms with Crippen molar-refractivity contribution in [1.29, 1.82) is 0 Å². The van der Waals surface area contributed by atoms with Crippen LogP contribution >= 0.6 is 0 Å². The van der Waals surface area contributed by atoms with E-state index < -0.39 is 100 Å². The number of hydrogen-bond donors (Lipinski definition) is 2. The van der Waals surface area contributed by atoms with Gasteiger partial charge in [-0.1, -0.05) is 35.1 Å². The smallest absolute Gasteiger partial charge is 0.326 e. The molecule has 0 aliphatic carbocycles. The number of rotatable bonds is 26. The van der Waals surface area contributed by atoms with Crippen molar-refractivity contribution < 1.29 is 68.9 Å². The van der Waals surface area contributed by atoms with Crippen molar-refractivity contribution in [2.75, 3.05) is 52.5 Å². The maximum atomic E-state index is 16.0. The zero-order valence-corrected chi connectivity index (χ0v) is 57.7. The average molecular weight is 1380 g/mol. The number of carboxylic acid groups (broad SMARTS) is 1. The van der Waals surface area contributed by atoms with E-state index in [1.54, 1.807) is 65.8 Å². The second kappa shape index (κ2) is 36.8. The molecular weight excluding hydrogens is 1280 g/mol. The first-order valence-electron chi connectivity index (χ1n) is 33.2. The van der Waals surface area contributed by atoms with Crippen LogP contribution in [0.5, 0.6) is 0 Å². The largest absolute Gasteiger partial charge is 0.480 e. The molecule has 2 unspecified atom stereocenters. The summed E-state index contributed by atoms with van der Waals surface area (Å²) in [4.78, 5) is 79.3. The van der Waals surface area contributed by atoms with Crippen molar-refractivity contribution in [3.63, 3.8) is 0 Å². The standard InChI is InChI=1S/C38H46F4N2O4.C20H23F2NO2.C17H24F2N2O3.CH4/c1-7-48-35(46)19-27(31-17-28(13-25(6)37(31)42)36-23(4)14-30(40)15-24(36)5)18-34(45)33(12-22(2)3)44-20-26(16-32(41)38(44)47)8-10-43-11-9-29(39)21-43;1-5-25-18(24)10-17(23)16-9-14(6-13(4)20(16)22)19-11(2)7-15(21)8-12(19)3;1-11(2)7-15(17(23)24)21-9-12(8-14(19)16(21)22)3-5-20-6-4-13(18)10-20;/h13-17,20,22,27,29,33H,7-12,18-19,21H2,1-6H3;6-9,17H,5,10,23H2,1-4H3;8-9,11,13,15H,3-7,10H2,1-2H3,(H,23,24);1H4/t27-,29+,33?;17-;13-,15?;/m001./s1. The first kappa shape index (κ1) is 80.9. The zero-order chi connectivity index (χ0) is 71.9. The van der Waals surface area contributed by atoms with Gasteiger partial charge in [-0.15, -0.1) is 0 Å². The number of Topliss-reactive ketones (excluding diaryl/α,β-unsaturated/α-hetero) is 1. The van der Waals surface area contributed by atoms with Crippen molar-refractivity contribution in [2.45, 2.75) is 185 Å². The summed E-state index contributed by atoms with van der Waals surface area (Å²) in [5.41, 5.74) is 12.0. The molecule has 536 valence electrons. The van der Waals surface area contributed by atoms with Gasteiger partial charge in [0.2, 0.25) is 0 Å². The van der Waals surface area contributed by atoms with Gasteiger partial charge in [-0.3, -0.25) is 28.5 Å². The third kappa shape index (κ3) is 22.1. The Labute approximate surface area is 570 Å². The van der Waals surface area contributed by atoms with Gasteiger partial charge >= 0.3 is 17.9 Å². The number of ketones is 1. The van der Waals surface area contributed by atoms with Crippen molar-refractivity contribution >= 4 is 23.7 Å². The number of pyridine rings is 2. The number of carbonyl (C=O) groups excluding carboxylic acids is 3. The lowest BCUT2D eigenvalue weighted by atomic mass is 9.84. The Morgan fingerprint density at radius 3 is 1.33 bits per heavy atom. The number of esters is 2. The summed E-state index contributed by atoms with van der Waals surface area (Å²) < 4.78 is 126. The van der Waals surface area contributed by atoms with Gasteiger partial charge in [0.15, 0.2) is 17.4 Å². The number of carbonyl (C=O) groups is 4. The molecule has 4 aromatic carbocycles. The summed E-state index contributed by atoms with van der Waals surface area (Å²) >= 11 is 0. The van der Waals surface area contributed by atoms with Crippen LogP contribution in [0.2, 0.25) is 0 Å². The Morgan fingerprint density at radius 2 is 0.939 bits per heavy atom. The highest BCUT2D eigenvalue weighted by atomic mass is 19.2. The highest BCUT2D eigenvalue weighted by Crippen LogP contribution is 2.38. The summed E-state index contributed by atoms with van der Waals surface area (Å²) in [5.74, 6) is -7.33. The van der Waals surface area contributed by atoms with Crippen LogP contribution in [0.25, 0.3) is 22.3 Å². The Hall–Kier alpha value is -7.82. The monoisotopic (exact) mass is 1380 g/mol. The van der Waals surface area contributed by atoms with Crippen molar-refractivity contribution in [2.24, 2.45) is 17.6 Å². The molecule has 0 amide bonds. The van der Waals surface area contributed by atoms with E-state index in [1.165, 1.54) is 36.7 Å². The number of aromatic nitrogens is 2. The van der Waals surface area contributed by atoms with Crippen LogP contribution in [-0.4, -0.2) is 113 Å². The number of alkyl halides is 2. The van der Waals surface area contributed by atoms with Gasteiger partial charge in [0.25, 0.3) is 11.1 Å². The highest BCUT2D eigenvalue weighted by Gasteiger charge is 2.32. The number of halogens is 8. The molecule has 2 aromatic heterocycles. The Bertz CT molecular complexity index is 3850. The minimum atomic E-state index is -1.15. The van der Waals surface area contributed by atoms with E-state index in [4.69, 9.17) is 15.2 Å². The molecule has 4 heterocycles. The van der Waals surface area contributed by atoms with Crippen LogP contribution in [0.15, 0.2) is 82.6 Å². The zero-order valence-electron chi connectivity index (χ0n) is 57.7. The van der Waals surface area contributed by atoms with Crippen LogP contribution in [0, 0.1) is 88.3 Å². The van der Waals surface area contributed by atoms with Crippen LogP contribution in [0.3, 0.4) is 0 Å². The second-order valence-electron chi connectivity index (χ2n) is 26.5. The van der Waals surface area contributed by atoms with E-state index in [9.17, 15) is 60.2 Å². The fourth-order valence-electron chi connectivity index (χ4n) is 12.9. The number of aliphatic carboxylic acids is 1. The van der Waals surface area contributed by atoms with Crippen LogP contribution < -0.4 is 16.9 Å². The molecule has 22 heteroatoms. The lowest BCUT2D eigenvalue weighted by Gasteiger charge is -2.25. The highest BCUT2D eigenvalue weighted by molar-refractivity contribution is 5.85. The van der Waals surface area contributed by atoms with Crippen molar-refractivity contribution in [1.82, 2.24) is 18.9 Å². The number of hydrogen-bond acceptors (Lipinski definition) is 11. The second-order valence-corrected chi connectivity index (χ2v) is 26.5. The molecule has 98 heavy (non-hydrogen) atoms. The third-order valence-corrected chi connectivity index (χ3v) is 17.5. The molecule has 0 bridgehead atoms. The molecule has 2 aliphatic heterocycles. The number of likely N-dealkylation sites (tertiary alicyclic amines) is 2. The predicted octanol–water partition coefficient (Wildman–Crippen LogP) is 15.1. The lowest BCUT2D eigenvalue weighted by molar-refractivity contribution is -0.144. The van der Waals surface area contributed by atoms with Gasteiger partial charge in [-0.2, -0.15) is 0 Å². The topological polar surface area (TPSA) is 183 Å². The van der Waals surface area contributed by atoms with Gasteiger partial charge in [-0.05, 0) is 239 Å². The molecule has 8 rings (SSSR count). The van der Waals surface area contributed by atoms with Gasteiger partial charge < -0.3 is 34.7 Å². The maximum absolute atomic E-state index is 16.0. The van der Waals surface area contributed by atoms with Crippen LogP contribution in [0.4, 0.5) is 35.1 Å². The predicted molar refractivity (Wildman–Crippen MR) is 366 cm³/mol. The van der Waals surface area contributed by atoms with E-state index in [1.807, 2.05) is 51.3 Å². The molecular formula is C76H97F8N5O9. The van der Waals surface area contributed by atoms with Gasteiger partial charge in [-0.25, -0.2) is 39.9 Å². The normalized spacial score (nSPS) is 15.9. The van der Waals surface area contributed by atoms with Crippen LogP contribution in [-0.2, 0) is 41.5 Å². The molecule has 0 radical (unpaired) electrons. The van der Waals surface area contributed by atoms with E-state index in [0.717, 1.165) is 49.1 Å². The fourth-order valence-corrected chi connectivity index (χ4v) is 12.9. The molecule has 6 aromatic rings. The summed E-state index contributed by atoms with van der Waals surface area (Å²) in [6.45, 7) is 24.5. The minimum Gasteiger partial charge on any atom is -0.480 e. The summed E-state index contributed by atoms with van der Waals surface area (Å²) in [6, 6.07) is 11.6. The van der Waals surface area contributed by atoms with Crippen LogP contribution in [0.1, 0.15) is 174 Å². The third-order valence-electron chi connectivity index (χ3n) is 17.5. The molecule has 3 N–H and O–H groups in total. The Morgan fingerprint density at radius 1 is 0.551 bits per heavy atom. The molecule has 0 spiro atoms. The lowest BCUT2D eigenvalue weighted by Crippen LogP contribution is -2.34. The maximum Gasteiger partial charge on any atom is 0.326 e. The molecule has 14 nitrogen and oxygen atoms in total. The van der Waals surface area contributed by atoms with Gasteiger partial charge in [0.05, 0.1) is 32.1 Å². The van der Waals surface area contributed by atoms with E-state index >= 15 is 8.78 Å². The number of ether oxygens (including phenoxy) is 2. The number of nitrogens with two attached hydrogens (primary N) is 1. The molecule has 2 fully saturated rings. The summed E-state index contributed by atoms with van der Waals surface area (Å²) in [7, 11) is 0. The van der Waals surface area contributed by atoms with Gasteiger partial charge in [0.1, 0.15) is 41.7 Å². The van der Waals surface area contributed by atoms with Crippen molar-refractivity contribution in [3.8, 4) is 22.3 Å². The van der Waals surface area contributed by atoms with E-state index in [-0.39, 0.29) is 87.1 Å². The van der Waals surface area contributed by atoms with Crippen molar-refractivity contribution in [3.05, 3.63) is 184 Å². The number of aryl methyl sites for hydroxylation is 6. The number of carboxylic acids is 1. The number of benzene rings is 4.